The summed E-state index contributed by atoms with van der Waals surface area (Å²) in [6, 6.07) is 21.3. The molecule has 0 radical (unpaired) electrons. The van der Waals surface area contributed by atoms with Gasteiger partial charge in [-0.2, -0.15) is 0 Å². The highest BCUT2D eigenvalue weighted by Crippen LogP contribution is 2.29. The molecule has 0 N–H and O–H groups in total. The highest BCUT2D eigenvalue weighted by atomic mass is 16.5. The number of benzene rings is 2. The Morgan fingerprint density at radius 3 is 2.00 bits per heavy atom. The molecule has 0 amide bonds. The van der Waals surface area contributed by atoms with Crippen LogP contribution in [0.2, 0.25) is 0 Å². The van der Waals surface area contributed by atoms with Gasteiger partial charge in [0.15, 0.2) is 0 Å². The second kappa shape index (κ2) is 8.64. The zero-order valence-electron chi connectivity index (χ0n) is 15.7. The van der Waals surface area contributed by atoms with Gasteiger partial charge in [-0.25, -0.2) is 0 Å². The molecule has 1 heterocycles. The minimum Gasteiger partial charge on any atom is -0.368 e. The van der Waals surface area contributed by atoms with Crippen molar-refractivity contribution in [1.29, 1.82) is 0 Å². The Labute approximate surface area is 153 Å². The van der Waals surface area contributed by atoms with Crippen molar-refractivity contribution in [3.05, 3.63) is 71.8 Å². The van der Waals surface area contributed by atoms with Crippen molar-refractivity contribution >= 4 is 0 Å². The largest absolute Gasteiger partial charge is 0.368 e. The molecule has 2 nitrogen and oxygen atoms in total. The molecule has 2 aromatic carbocycles. The van der Waals surface area contributed by atoms with Gasteiger partial charge >= 0.3 is 0 Å². The van der Waals surface area contributed by atoms with Gasteiger partial charge in [0.05, 0.1) is 32.8 Å². The molecule has 134 valence electrons. The first-order valence-electron chi connectivity index (χ1n) is 9.83. The number of ether oxygens (including phenoxy) is 1. The topological polar surface area (TPSA) is 9.23 Å². The van der Waals surface area contributed by atoms with Gasteiger partial charge in [-0.15, -0.1) is 0 Å². The number of nitrogens with zero attached hydrogens (tertiary/aromatic N) is 1. The van der Waals surface area contributed by atoms with Crippen LogP contribution in [0.4, 0.5) is 0 Å². The minimum atomic E-state index is 0.0366. The van der Waals surface area contributed by atoms with E-state index in [1.54, 1.807) is 0 Å². The standard InChI is InChI=1S/C23H32NO/c1-3-24(4-2)17-11-12-20(18-24)19-25-23(21-13-7-5-8-14-21)22-15-9-6-10-16-22/h5-10,13-16,20,23H,3-4,11-12,17-19H2,1-2H3/q+1. The smallest absolute Gasteiger partial charge is 0.108 e. The van der Waals surface area contributed by atoms with E-state index in [1.165, 1.54) is 54.6 Å². The third-order valence-corrected chi connectivity index (χ3v) is 5.94. The predicted molar refractivity (Wildman–Crippen MR) is 104 cm³/mol. The van der Waals surface area contributed by atoms with Crippen LogP contribution in [-0.2, 0) is 4.74 Å². The summed E-state index contributed by atoms with van der Waals surface area (Å²) in [7, 11) is 0. The number of rotatable bonds is 7. The molecule has 3 rings (SSSR count). The van der Waals surface area contributed by atoms with Crippen molar-refractivity contribution in [2.24, 2.45) is 5.92 Å². The molecule has 2 aromatic rings. The van der Waals surface area contributed by atoms with E-state index in [0.29, 0.717) is 5.92 Å². The number of hydrogen-bond donors (Lipinski definition) is 0. The summed E-state index contributed by atoms with van der Waals surface area (Å²) in [6.07, 6.45) is 2.67. The molecule has 1 aliphatic heterocycles. The lowest BCUT2D eigenvalue weighted by molar-refractivity contribution is -0.932. The van der Waals surface area contributed by atoms with E-state index in [-0.39, 0.29) is 6.10 Å². The van der Waals surface area contributed by atoms with Crippen molar-refractivity contribution in [2.45, 2.75) is 32.8 Å². The van der Waals surface area contributed by atoms with Crippen molar-refractivity contribution in [1.82, 2.24) is 0 Å². The maximum Gasteiger partial charge on any atom is 0.108 e. The third-order valence-electron chi connectivity index (χ3n) is 5.94. The monoisotopic (exact) mass is 338 g/mol. The zero-order valence-corrected chi connectivity index (χ0v) is 15.7. The fraction of sp³-hybridized carbons (Fsp3) is 0.478. The Hall–Kier alpha value is -1.64. The van der Waals surface area contributed by atoms with Crippen molar-refractivity contribution in [2.75, 3.05) is 32.8 Å². The van der Waals surface area contributed by atoms with E-state index in [9.17, 15) is 0 Å². The second-order valence-corrected chi connectivity index (χ2v) is 7.42. The molecule has 2 heteroatoms. The summed E-state index contributed by atoms with van der Waals surface area (Å²) >= 11 is 0. The Morgan fingerprint density at radius 2 is 1.48 bits per heavy atom. The molecule has 1 atom stereocenters. The molecule has 0 aromatic heterocycles. The molecule has 0 aliphatic carbocycles. The zero-order chi connectivity index (χ0) is 17.5. The first-order valence-corrected chi connectivity index (χ1v) is 9.83. The van der Waals surface area contributed by atoms with Gasteiger partial charge in [0.1, 0.15) is 6.10 Å². The van der Waals surface area contributed by atoms with E-state index in [4.69, 9.17) is 4.74 Å². The lowest BCUT2D eigenvalue weighted by atomic mass is 9.95. The van der Waals surface area contributed by atoms with Gasteiger partial charge in [0, 0.05) is 5.92 Å². The van der Waals surface area contributed by atoms with Crippen LogP contribution in [0.3, 0.4) is 0 Å². The van der Waals surface area contributed by atoms with Gasteiger partial charge in [0.25, 0.3) is 0 Å². The summed E-state index contributed by atoms with van der Waals surface area (Å²) < 4.78 is 7.79. The highest BCUT2D eigenvalue weighted by Gasteiger charge is 2.32. The van der Waals surface area contributed by atoms with Crippen LogP contribution in [0.5, 0.6) is 0 Å². The molecular weight excluding hydrogens is 306 g/mol. The normalized spacial score (nSPS) is 19.9. The quantitative estimate of drug-likeness (QED) is 0.641. The van der Waals surface area contributed by atoms with Crippen LogP contribution >= 0.6 is 0 Å². The number of piperidine rings is 1. The van der Waals surface area contributed by atoms with E-state index in [2.05, 4.69) is 74.5 Å². The molecular formula is C23H32NO+. The SMILES string of the molecule is CC[N+]1(CC)CCCC(COC(c2ccccc2)c2ccccc2)C1. The van der Waals surface area contributed by atoms with Crippen LogP contribution in [0, 0.1) is 5.92 Å². The van der Waals surface area contributed by atoms with Crippen molar-refractivity contribution < 1.29 is 9.22 Å². The number of hydrogen-bond acceptors (Lipinski definition) is 1. The van der Waals surface area contributed by atoms with Gasteiger partial charge in [-0.05, 0) is 37.8 Å². The average Bonchev–Trinajstić information content (AvgIpc) is 2.70. The van der Waals surface area contributed by atoms with Crippen molar-refractivity contribution in [3.63, 3.8) is 0 Å². The molecule has 1 saturated heterocycles. The van der Waals surface area contributed by atoms with Gasteiger partial charge in [0.2, 0.25) is 0 Å². The fourth-order valence-electron chi connectivity index (χ4n) is 4.25. The Bertz CT molecular complexity index is 582. The Balaban J connectivity index is 1.71. The van der Waals surface area contributed by atoms with Crippen LogP contribution in [0.15, 0.2) is 60.7 Å². The molecule has 1 aliphatic rings. The first-order chi connectivity index (χ1) is 12.3. The van der Waals surface area contributed by atoms with Crippen LogP contribution in [0.1, 0.15) is 43.9 Å². The molecule has 1 unspecified atom stereocenters. The number of quaternary nitrogens is 1. The summed E-state index contributed by atoms with van der Waals surface area (Å²) in [6.45, 7) is 10.6. The summed E-state index contributed by atoms with van der Waals surface area (Å²) in [4.78, 5) is 0. The van der Waals surface area contributed by atoms with Gasteiger partial charge < -0.3 is 9.22 Å². The van der Waals surface area contributed by atoms with Crippen LogP contribution < -0.4 is 0 Å². The third kappa shape index (κ3) is 4.50. The van der Waals surface area contributed by atoms with Crippen molar-refractivity contribution in [3.8, 4) is 0 Å². The maximum absolute atomic E-state index is 6.53. The van der Waals surface area contributed by atoms with Crippen LogP contribution in [-0.4, -0.2) is 37.3 Å². The van der Waals surface area contributed by atoms with Gasteiger partial charge in [-0.1, -0.05) is 60.7 Å². The highest BCUT2D eigenvalue weighted by molar-refractivity contribution is 5.29. The average molecular weight is 339 g/mol. The Morgan fingerprint density at radius 1 is 0.920 bits per heavy atom. The molecule has 25 heavy (non-hydrogen) atoms. The lowest BCUT2D eigenvalue weighted by Gasteiger charge is -2.43. The summed E-state index contributed by atoms with van der Waals surface area (Å²) in [5.41, 5.74) is 2.49. The Kier molecular flexibility index (Phi) is 6.28. The second-order valence-electron chi connectivity index (χ2n) is 7.42. The molecule has 1 fully saturated rings. The van der Waals surface area contributed by atoms with Crippen LogP contribution in [0.25, 0.3) is 0 Å². The predicted octanol–water partition coefficient (Wildman–Crippen LogP) is 5.06. The lowest BCUT2D eigenvalue weighted by Crippen LogP contribution is -2.54. The van der Waals surface area contributed by atoms with E-state index >= 15 is 0 Å². The molecule has 0 saturated carbocycles. The van der Waals surface area contributed by atoms with E-state index in [0.717, 1.165) is 6.61 Å². The first kappa shape index (κ1) is 18.2. The van der Waals surface area contributed by atoms with E-state index in [1.807, 2.05) is 0 Å². The molecule has 0 bridgehead atoms. The molecule has 0 spiro atoms. The van der Waals surface area contributed by atoms with E-state index < -0.39 is 0 Å². The summed E-state index contributed by atoms with van der Waals surface area (Å²) in [5.74, 6) is 0.670. The summed E-state index contributed by atoms with van der Waals surface area (Å²) in [5, 5.41) is 0. The fourth-order valence-corrected chi connectivity index (χ4v) is 4.25. The maximum atomic E-state index is 6.53. The number of likely N-dealkylation sites (tertiary alicyclic amines) is 1. The van der Waals surface area contributed by atoms with Gasteiger partial charge in [-0.3, -0.25) is 0 Å². The minimum absolute atomic E-state index is 0.0366.